The number of thiophene rings is 1. The number of carbonyl (C=O) groups excluding carboxylic acids is 1. The number of likely N-dealkylation sites (tertiary alicyclic amines) is 1. The van der Waals surface area contributed by atoms with Crippen LogP contribution in [0.25, 0.3) is 10.2 Å². The minimum atomic E-state index is 0.107. The van der Waals surface area contributed by atoms with Gasteiger partial charge in [-0.25, -0.2) is 0 Å². The number of aromatic nitrogens is 1. The third-order valence-electron chi connectivity index (χ3n) is 4.73. The van der Waals surface area contributed by atoms with Crippen molar-refractivity contribution in [1.82, 2.24) is 9.47 Å². The van der Waals surface area contributed by atoms with Gasteiger partial charge in [-0.3, -0.25) is 4.79 Å². The largest absolute Gasteiger partial charge is 0.490 e. The van der Waals surface area contributed by atoms with Crippen molar-refractivity contribution in [2.45, 2.75) is 18.9 Å². The third kappa shape index (κ3) is 3.26. The van der Waals surface area contributed by atoms with E-state index in [2.05, 4.69) is 11.4 Å². The summed E-state index contributed by atoms with van der Waals surface area (Å²) in [5.74, 6) is 0.938. The zero-order chi connectivity index (χ0) is 17.4. The molecule has 0 saturated carbocycles. The first-order valence-electron chi connectivity index (χ1n) is 8.36. The molecule has 1 saturated heterocycles. The number of rotatable bonds is 3. The number of benzene rings is 1. The van der Waals surface area contributed by atoms with E-state index in [4.69, 9.17) is 16.3 Å². The lowest BCUT2D eigenvalue weighted by atomic mass is 10.1. The molecule has 4 rings (SSSR count). The Hall–Kier alpha value is -1.98. The Morgan fingerprint density at radius 1 is 1.20 bits per heavy atom. The first-order chi connectivity index (χ1) is 12.1. The van der Waals surface area contributed by atoms with Gasteiger partial charge in [0.25, 0.3) is 5.91 Å². The molecule has 0 radical (unpaired) electrons. The van der Waals surface area contributed by atoms with Crippen molar-refractivity contribution < 1.29 is 9.53 Å². The van der Waals surface area contributed by atoms with Crippen LogP contribution in [0, 0.1) is 0 Å². The Balaban J connectivity index is 1.39. The molecule has 1 aliphatic heterocycles. The number of aryl methyl sites for hydroxylation is 1. The molecule has 0 atom stereocenters. The molecule has 4 nitrogen and oxygen atoms in total. The Labute approximate surface area is 155 Å². The fraction of sp³-hybridized carbons (Fsp3) is 0.316. The molecule has 0 bridgehead atoms. The van der Waals surface area contributed by atoms with E-state index in [0.29, 0.717) is 5.02 Å². The zero-order valence-electron chi connectivity index (χ0n) is 13.9. The highest BCUT2D eigenvalue weighted by Gasteiger charge is 2.26. The lowest BCUT2D eigenvalue weighted by molar-refractivity contribution is 0.0587. The van der Waals surface area contributed by atoms with Crippen molar-refractivity contribution in [3.8, 4) is 5.75 Å². The standard InChI is InChI=1S/C19H19ClN2O2S/c1-21-16-8-11-25-18(16)12-17(21)19(23)22-9-6-15(7-10-22)24-14-4-2-13(20)3-5-14/h2-5,8,11-12,15H,6-7,9-10H2,1H3. The molecule has 3 heterocycles. The van der Waals surface area contributed by atoms with E-state index < -0.39 is 0 Å². The number of fused-ring (bicyclic) bond motifs is 1. The molecule has 6 heteroatoms. The van der Waals surface area contributed by atoms with Gasteiger partial charge in [-0.05, 0) is 41.8 Å². The van der Waals surface area contributed by atoms with Crippen LogP contribution in [0.5, 0.6) is 5.75 Å². The van der Waals surface area contributed by atoms with Crippen molar-refractivity contribution in [2.75, 3.05) is 13.1 Å². The normalized spacial score (nSPS) is 15.7. The summed E-state index contributed by atoms with van der Waals surface area (Å²) in [6.45, 7) is 1.44. The van der Waals surface area contributed by atoms with Gasteiger partial charge in [0, 0.05) is 38.0 Å². The fourth-order valence-electron chi connectivity index (χ4n) is 3.30. The van der Waals surface area contributed by atoms with Crippen LogP contribution in [0.1, 0.15) is 23.3 Å². The third-order valence-corrected chi connectivity index (χ3v) is 5.83. The van der Waals surface area contributed by atoms with Gasteiger partial charge in [0.05, 0.1) is 10.2 Å². The molecule has 0 spiro atoms. The number of nitrogens with zero attached hydrogens (tertiary/aromatic N) is 2. The van der Waals surface area contributed by atoms with Crippen LogP contribution in [-0.4, -0.2) is 34.6 Å². The zero-order valence-corrected chi connectivity index (χ0v) is 15.5. The summed E-state index contributed by atoms with van der Waals surface area (Å²) in [7, 11) is 1.96. The van der Waals surface area contributed by atoms with Gasteiger partial charge in [-0.15, -0.1) is 11.3 Å². The molecule has 0 aliphatic carbocycles. The van der Waals surface area contributed by atoms with Crippen LogP contribution in [0.4, 0.5) is 0 Å². The second kappa shape index (κ2) is 6.73. The molecule has 1 aliphatic rings. The average Bonchev–Trinajstić information content (AvgIpc) is 3.20. The smallest absolute Gasteiger partial charge is 0.270 e. The van der Waals surface area contributed by atoms with Crippen LogP contribution >= 0.6 is 22.9 Å². The summed E-state index contributed by atoms with van der Waals surface area (Å²) in [6, 6.07) is 11.5. The van der Waals surface area contributed by atoms with E-state index in [1.165, 1.54) is 0 Å². The molecule has 1 fully saturated rings. The monoisotopic (exact) mass is 374 g/mol. The maximum absolute atomic E-state index is 12.8. The predicted molar refractivity (Wildman–Crippen MR) is 102 cm³/mol. The highest BCUT2D eigenvalue weighted by Crippen LogP contribution is 2.26. The summed E-state index contributed by atoms with van der Waals surface area (Å²) < 4.78 is 9.15. The summed E-state index contributed by atoms with van der Waals surface area (Å²) in [5, 5.41) is 2.76. The minimum absolute atomic E-state index is 0.107. The summed E-state index contributed by atoms with van der Waals surface area (Å²) in [5.41, 5.74) is 1.88. The molecule has 1 amide bonds. The number of piperidine rings is 1. The van der Waals surface area contributed by atoms with Gasteiger partial charge in [-0.2, -0.15) is 0 Å². The first kappa shape index (κ1) is 16.5. The summed E-state index contributed by atoms with van der Waals surface area (Å²) in [6.07, 6.45) is 1.82. The van der Waals surface area contributed by atoms with Gasteiger partial charge in [-0.1, -0.05) is 11.6 Å². The Morgan fingerprint density at radius 2 is 1.92 bits per heavy atom. The fourth-order valence-corrected chi connectivity index (χ4v) is 4.27. The average molecular weight is 375 g/mol. The van der Waals surface area contributed by atoms with Gasteiger partial charge in [0.1, 0.15) is 17.5 Å². The van der Waals surface area contributed by atoms with Crippen LogP contribution in [-0.2, 0) is 7.05 Å². The Kier molecular flexibility index (Phi) is 4.44. The van der Waals surface area contributed by atoms with Gasteiger partial charge >= 0.3 is 0 Å². The Bertz CT molecular complexity index is 892. The molecule has 3 aromatic rings. The maximum atomic E-state index is 12.8. The minimum Gasteiger partial charge on any atom is -0.490 e. The van der Waals surface area contributed by atoms with Crippen LogP contribution in [0.3, 0.4) is 0 Å². The van der Waals surface area contributed by atoms with E-state index in [-0.39, 0.29) is 12.0 Å². The second-order valence-corrected chi connectivity index (χ2v) is 7.71. The molecule has 0 unspecified atom stereocenters. The quantitative estimate of drug-likeness (QED) is 0.672. The van der Waals surface area contributed by atoms with Gasteiger partial charge in [0.15, 0.2) is 0 Å². The number of amides is 1. The van der Waals surface area contributed by atoms with Crippen molar-refractivity contribution >= 4 is 39.1 Å². The second-order valence-electron chi connectivity index (χ2n) is 6.32. The topological polar surface area (TPSA) is 34.5 Å². The summed E-state index contributed by atoms with van der Waals surface area (Å²) in [4.78, 5) is 14.8. The number of halogens is 1. The number of ether oxygens (including phenoxy) is 1. The van der Waals surface area contributed by atoms with Crippen LogP contribution < -0.4 is 4.74 Å². The maximum Gasteiger partial charge on any atom is 0.270 e. The van der Waals surface area contributed by atoms with Crippen molar-refractivity contribution in [2.24, 2.45) is 7.05 Å². The van der Waals surface area contributed by atoms with E-state index in [9.17, 15) is 4.79 Å². The first-order valence-corrected chi connectivity index (χ1v) is 9.62. The molecular formula is C19H19ClN2O2S. The predicted octanol–water partition coefficient (Wildman–Crippen LogP) is 4.58. The SMILES string of the molecule is Cn1c(C(=O)N2CCC(Oc3ccc(Cl)cc3)CC2)cc2sccc21. The Morgan fingerprint density at radius 3 is 2.60 bits per heavy atom. The van der Waals surface area contributed by atoms with E-state index >= 15 is 0 Å². The number of carbonyl (C=O) groups is 1. The van der Waals surface area contributed by atoms with Gasteiger partial charge in [0.2, 0.25) is 0 Å². The lowest BCUT2D eigenvalue weighted by Crippen LogP contribution is -2.42. The van der Waals surface area contributed by atoms with Crippen LogP contribution in [0.15, 0.2) is 41.8 Å². The van der Waals surface area contributed by atoms with Gasteiger partial charge < -0.3 is 14.2 Å². The highest BCUT2D eigenvalue weighted by molar-refractivity contribution is 7.17. The van der Waals surface area contributed by atoms with E-state index in [1.807, 2.05) is 46.8 Å². The van der Waals surface area contributed by atoms with E-state index in [0.717, 1.165) is 47.6 Å². The summed E-state index contributed by atoms with van der Waals surface area (Å²) >= 11 is 7.57. The molecular weight excluding hydrogens is 356 g/mol. The molecule has 130 valence electrons. The molecule has 2 aromatic heterocycles. The molecule has 25 heavy (non-hydrogen) atoms. The van der Waals surface area contributed by atoms with Crippen molar-refractivity contribution in [1.29, 1.82) is 0 Å². The number of hydrogen-bond acceptors (Lipinski definition) is 3. The van der Waals surface area contributed by atoms with E-state index in [1.54, 1.807) is 11.3 Å². The van der Waals surface area contributed by atoms with Crippen molar-refractivity contribution in [3.63, 3.8) is 0 Å². The number of hydrogen-bond donors (Lipinski definition) is 0. The lowest BCUT2D eigenvalue weighted by Gasteiger charge is -2.32. The molecule has 1 aromatic carbocycles. The van der Waals surface area contributed by atoms with Crippen molar-refractivity contribution in [3.05, 3.63) is 52.5 Å². The molecule has 0 N–H and O–H groups in total. The highest BCUT2D eigenvalue weighted by atomic mass is 35.5. The van der Waals surface area contributed by atoms with Crippen LogP contribution in [0.2, 0.25) is 5.02 Å².